The van der Waals surface area contributed by atoms with Crippen molar-refractivity contribution in [2.45, 2.75) is 38.6 Å². The third-order valence-corrected chi connectivity index (χ3v) is 3.82. The van der Waals surface area contributed by atoms with Crippen molar-refractivity contribution in [1.82, 2.24) is 9.80 Å². The highest BCUT2D eigenvalue weighted by atomic mass is 16.5. The van der Waals surface area contributed by atoms with E-state index in [9.17, 15) is 9.59 Å². The van der Waals surface area contributed by atoms with E-state index in [0.29, 0.717) is 25.7 Å². The SMILES string of the molecule is CCCN(CC1CC1)C(=O)N1CCOCC1CC(=O)O. The topological polar surface area (TPSA) is 70.1 Å². The van der Waals surface area contributed by atoms with Crippen molar-refractivity contribution < 1.29 is 19.4 Å². The van der Waals surface area contributed by atoms with Gasteiger partial charge in [-0.05, 0) is 25.2 Å². The Bertz CT molecular complexity index is 357. The van der Waals surface area contributed by atoms with Crippen molar-refractivity contribution in [3.8, 4) is 0 Å². The molecule has 114 valence electrons. The molecule has 2 aliphatic rings. The summed E-state index contributed by atoms with van der Waals surface area (Å²) >= 11 is 0. The summed E-state index contributed by atoms with van der Waals surface area (Å²) in [6.45, 7) is 4.91. The normalized spacial score (nSPS) is 22.6. The molecule has 1 N–H and O–H groups in total. The fourth-order valence-corrected chi connectivity index (χ4v) is 2.61. The third-order valence-electron chi connectivity index (χ3n) is 3.82. The predicted molar refractivity (Wildman–Crippen MR) is 73.5 cm³/mol. The minimum atomic E-state index is -0.887. The quantitative estimate of drug-likeness (QED) is 0.800. The Hall–Kier alpha value is -1.30. The van der Waals surface area contributed by atoms with Crippen LogP contribution >= 0.6 is 0 Å². The van der Waals surface area contributed by atoms with E-state index in [-0.39, 0.29) is 18.5 Å². The summed E-state index contributed by atoms with van der Waals surface area (Å²) in [5.41, 5.74) is 0. The van der Waals surface area contributed by atoms with E-state index in [1.165, 1.54) is 12.8 Å². The van der Waals surface area contributed by atoms with E-state index in [1.807, 2.05) is 4.90 Å². The predicted octanol–water partition coefficient (Wildman–Crippen LogP) is 1.40. The summed E-state index contributed by atoms with van der Waals surface area (Å²) in [7, 11) is 0. The van der Waals surface area contributed by atoms with Crippen molar-refractivity contribution in [3.05, 3.63) is 0 Å². The van der Waals surface area contributed by atoms with Crippen LogP contribution in [-0.2, 0) is 9.53 Å². The monoisotopic (exact) mass is 284 g/mol. The molecule has 20 heavy (non-hydrogen) atoms. The zero-order valence-electron chi connectivity index (χ0n) is 12.1. The highest BCUT2D eigenvalue weighted by Gasteiger charge is 2.34. The summed E-state index contributed by atoms with van der Waals surface area (Å²) in [6, 6.07) is -0.361. The molecule has 0 aromatic carbocycles. The second-order valence-electron chi connectivity index (χ2n) is 5.69. The molecule has 0 bridgehead atoms. The Balaban J connectivity index is 1.99. The molecule has 2 fully saturated rings. The van der Waals surface area contributed by atoms with Crippen LogP contribution in [0, 0.1) is 5.92 Å². The summed E-state index contributed by atoms with van der Waals surface area (Å²) in [6.07, 6.45) is 3.28. The molecule has 1 atom stereocenters. The van der Waals surface area contributed by atoms with Crippen LogP contribution in [0.4, 0.5) is 4.79 Å². The van der Waals surface area contributed by atoms with Crippen molar-refractivity contribution >= 4 is 12.0 Å². The number of carbonyl (C=O) groups excluding carboxylic acids is 1. The van der Waals surface area contributed by atoms with Gasteiger partial charge in [0.1, 0.15) is 0 Å². The number of carboxylic acid groups (broad SMARTS) is 1. The molecule has 0 aromatic heterocycles. The molecule has 2 rings (SSSR count). The highest BCUT2D eigenvalue weighted by Crippen LogP contribution is 2.30. The maximum absolute atomic E-state index is 12.6. The van der Waals surface area contributed by atoms with Gasteiger partial charge in [-0.2, -0.15) is 0 Å². The van der Waals surface area contributed by atoms with Crippen LogP contribution in [0.25, 0.3) is 0 Å². The van der Waals surface area contributed by atoms with Crippen LogP contribution in [0.2, 0.25) is 0 Å². The van der Waals surface area contributed by atoms with Crippen LogP contribution in [0.3, 0.4) is 0 Å². The molecule has 2 amide bonds. The summed E-state index contributed by atoms with van der Waals surface area (Å²) in [5, 5.41) is 8.96. The molecule has 6 heteroatoms. The Morgan fingerprint density at radius 1 is 1.40 bits per heavy atom. The number of aliphatic carboxylic acids is 1. The number of morpholine rings is 1. The van der Waals surface area contributed by atoms with E-state index < -0.39 is 5.97 Å². The number of rotatable bonds is 6. The lowest BCUT2D eigenvalue weighted by atomic mass is 10.1. The average Bonchev–Trinajstić information content (AvgIpc) is 3.21. The highest BCUT2D eigenvalue weighted by molar-refractivity contribution is 5.76. The van der Waals surface area contributed by atoms with Gasteiger partial charge in [0.25, 0.3) is 0 Å². The lowest BCUT2D eigenvalue weighted by molar-refractivity contribution is -0.139. The standard InChI is InChI=1S/C14H24N2O4/c1-2-5-15(9-11-3-4-11)14(19)16-6-7-20-10-12(16)8-13(17)18/h11-12H,2-10H2,1H3,(H,17,18). The molecule has 1 aliphatic heterocycles. The minimum Gasteiger partial charge on any atom is -0.481 e. The largest absolute Gasteiger partial charge is 0.481 e. The number of hydrogen-bond donors (Lipinski definition) is 1. The molecule has 1 saturated carbocycles. The van der Waals surface area contributed by atoms with E-state index in [2.05, 4.69) is 6.92 Å². The van der Waals surface area contributed by atoms with Gasteiger partial charge in [0.15, 0.2) is 0 Å². The zero-order chi connectivity index (χ0) is 14.5. The minimum absolute atomic E-state index is 0.0201. The first kappa shape index (κ1) is 15.1. The molecule has 6 nitrogen and oxygen atoms in total. The van der Waals surface area contributed by atoms with Gasteiger partial charge < -0.3 is 19.6 Å². The number of nitrogens with zero attached hydrogens (tertiary/aromatic N) is 2. The Morgan fingerprint density at radius 2 is 2.15 bits per heavy atom. The number of ether oxygens (including phenoxy) is 1. The maximum Gasteiger partial charge on any atom is 0.320 e. The molecule has 0 aromatic rings. The number of amides is 2. The number of carboxylic acids is 1. The van der Waals surface area contributed by atoms with Crippen LogP contribution in [0.15, 0.2) is 0 Å². The van der Waals surface area contributed by atoms with Gasteiger partial charge in [-0.1, -0.05) is 6.92 Å². The van der Waals surface area contributed by atoms with Crippen LogP contribution in [0.1, 0.15) is 32.6 Å². The lowest BCUT2D eigenvalue weighted by Crippen LogP contribution is -2.54. The van der Waals surface area contributed by atoms with Crippen LogP contribution in [-0.4, -0.2) is 65.8 Å². The Morgan fingerprint density at radius 3 is 2.75 bits per heavy atom. The van der Waals surface area contributed by atoms with Crippen molar-refractivity contribution in [3.63, 3.8) is 0 Å². The fourth-order valence-electron chi connectivity index (χ4n) is 2.61. The summed E-state index contributed by atoms with van der Waals surface area (Å²) in [5.74, 6) is -0.244. The Kier molecular flexibility index (Phi) is 5.23. The lowest BCUT2D eigenvalue weighted by Gasteiger charge is -2.38. The van der Waals surface area contributed by atoms with E-state index in [4.69, 9.17) is 9.84 Å². The fraction of sp³-hybridized carbons (Fsp3) is 0.857. The molecule has 1 aliphatic carbocycles. The number of urea groups is 1. The molecule has 0 radical (unpaired) electrons. The van der Waals surface area contributed by atoms with Gasteiger partial charge >= 0.3 is 12.0 Å². The molecular formula is C14H24N2O4. The number of carbonyl (C=O) groups is 2. The molecule has 1 heterocycles. The van der Waals surface area contributed by atoms with Crippen LogP contribution < -0.4 is 0 Å². The molecular weight excluding hydrogens is 260 g/mol. The van der Waals surface area contributed by atoms with Gasteiger partial charge in [0.05, 0.1) is 25.7 Å². The van der Waals surface area contributed by atoms with Crippen LogP contribution in [0.5, 0.6) is 0 Å². The van der Waals surface area contributed by atoms with Gasteiger partial charge in [-0.15, -0.1) is 0 Å². The molecule has 0 spiro atoms. The smallest absolute Gasteiger partial charge is 0.320 e. The first-order valence-electron chi connectivity index (χ1n) is 7.47. The molecule has 1 saturated heterocycles. The zero-order valence-corrected chi connectivity index (χ0v) is 12.1. The second-order valence-corrected chi connectivity index (χ2v) is 5.69. The van der Waals surface area contributed by atoms with Gasteiger partial charge in [-0.25, -0.2) is 4.79 Å². The van der Waals surface area contributed by atoms with Gasteiger partial charge in [0.2, 0.25) is 0 Å². The first-order valence-corrected chi connectivity index (χ1v) is 7.47. The van der Waals surface area contributed by atoms with Crippen molar-refractivity contribution in [2.75, 3.05) is 32.8 Å². The average molecular weight is 284 g/mol. The van der Waals surface area contributed by atoms with Gasteiger partial charge in [0, 0.05) is 19.6 Å². The third kappa shape index (κ3) is 4.10. The van der Waals surface area contributed by atoms with E-state index in [1.54, 1.807) is 4.90 Å². The summed E-state index contributed by atoms with van der Waals surface area (Å²) in [4.78, 5) is 27.1. The maximum atomic E-state index is 12.6. The van der Waals surface area contributed by atoms with Crippen molar-refractivity contribution in [1.29, 1.82) is 0 Å². The van der Waals surface area contributed by atoms with E-state index >= 15 is 0 Å². The number of hydrogen-bond acceptors (Lipinski definition) is 3. The molecule has 1 unspecified atom stereocenters. The van der Waals surface area contributed by atoms with Gasteiger partial charge in [-0.3, -0.25) is 4.79 Å². The Labute approximate surface area is 119 Å². The van der Waals surface area contributed by atoms with E-state index in [0.717, 1.165) is 19.5 Å². The second kappa shape index (κ2) is 6.92. The first-order chi connectivity index (χ1) is 9.61. The summed E-state index contributed by atoms with van der Waals surface area (Å²) < 4.78 is 5.32. The van der Waals surface area contributed by atoms with Crippen molar-refractivity contribution in [2.24, 2.45) is 5.92 Å².